The molecule has 17 heavy (non-hydrogen) atoms. The van der Waals surface area contributed by atoms with Crippen molar-refractivity contribution >= 4 is 11.6 Å². The van der Waals surface area contributed by atoms with Gasteiger partial charge in [0.15, 0.2) is 0 Å². The standard InChI is InChI=1S/C15H14ClN/c16-13-7-6-11-8-9-17-15(14(11)10-13)12-4-2-1-3-5-12/h1-7,10,15,17H,8-9H2/t15-/m0/s1. The van der Waals surface area contributed by atoms with Crippen LogP contribution in [0.25, 0.3) is 0 Å². The number of hydrogen-bond acceptors (Lipinski definition) is 1. The van der Waals surface area contributed by atoms with E-state index in [9.17, 15) is 0 Å². The first-order valence-electron chi connectivity index (χ1n) is 5.91. The van der Waals surface area contributed by atoms with Crippen LogP contribution in [0.15, 0.2) is 48.5 Å². The quantitative estimate of drug-likeness (QED) is 0.808. The van der Waals surface area contributed by atoms with Crippen LogP contribution in [0.4, 0.5) is 0 Å². The molecule has 0 saturated carbocycles. The molecule has 1 N–H and O–H groups in total. The van der Waals surface area contributed by atoms with Gasteiger partial charge < -0.3 is 5.32 Å². The van der Waals surface area contributed by atoms with E-state index in [0.717, 1.165) is 18.0 Å². The number of rotatable bonds is 1. The van der Waals surface area contributed by atoms with Crippen molar-refractivity contribution in [2.45, 2.75) is 12.5 Å². The summed E-state index contributed by atoms with van der Waals surface area (Å²) < 4.78 is 0. The van der Waals surface area contributed by atoms with Gasteiger partial charge in [-0.05, 0) is 35.2 Å². The summed E-state index contributed by atoms with van der Waals surface area (Å²) in [6, 6.07) is 17.0. The van der Waals surface area contributed by atoms with Crippen LogP contribution in [-0.4, -0.2) is 6.54 Å². The lowest BCUT2D eigenvalue weighted by Gasteiger charge is -2.27. The van der Waals surface area contributed by atoms with E-state index in [2.05, 4.69) is 41.7 Å². The summed E-state index contributed by atoms with van der Waals surface area (Å²) in [5.41, 5.74) is 4.02. The van der Waals surface area contributed by atoms with Crippen molar-refractivity contribution in [1.82, 2.24) is 5.32 Å². The number of nitrogens with one attached hydrogen (secondary N) is 1. The van der Waals surface area contributed by atoms with E-state index in [1.807, 2.05) is 12.1 Å². The van der Waals surface area contributed by atoms with Crippen molar-refractivity contribution in [2.75, 3.05) is 6.54 Å². The molecule has 1 heterocycles. The Morgan fingerprint density at radius 2 is 1.88 bits per heavy atom. The molecule has 2 heteroatoms. The van der Waals surface area contributed by atoms with Crippen molar-refractivity contribution < 1.29 is 0 Å². The maximum Gasteiger partial charge on any atom is 0.0580 e. The Morgan fingerprint density at radius 3 is 2.71 bits per heavy atom. The summed E-state index contributed by atoms with van der Waals surface area (Å²) in [7, 11) is 0. The Hall–Kier alpha value is -1.31. The van der Waals surface area contributed by atoms with Crippen molar-refractivity contribution in [3.8, 4) is 0 Å². The fourth-order valence-electron chi connectivity index (χ4n) is 2.47. The monoisotopic (exact) mass is 243 g/mol. The Labute approximate surface area is 106 Å². The maximum absolute atomic E-state index is 6.10. The molecular weight excluding hydrogens is 230 g/mol. The van der Waals surface area contributed by atoms with Crippen LogP contribution in [0.1, 0.15) is 22.7 Å². The van der Waals surface area contributed by atoms with Gasteiger partial charge in [-0.25, -0.2) is 0 Å². The van der Waals surface area contributed by atoms with Gasteiger partial charge in [-0.15, -0.1) is 0 Å². The molecule has 1 atom stereocenters. The molecule has 0 fully saturated rings. The van der Waals surface area contributed by atoms with E-state index >= 15 is 0 Å². The van der Waals surface area contributed by atoms with E-state index in [1.165, 1.54) is 16.7 Å². The van der Waals surface area contributed by atoms with Gasteiger partial charge in [0.1, 0.15) is 0 Å². The van der Waals surface area contributed by atoms with E-state index in [-0.39, 0.29) is 6.04 Å². The summed E-state index contributed by atoms with van der Waals surface area (Å²) in [5, 5.41) is 4.37. The molecule has 0 aliphatic carbocycles. The van der Waals surface area contributed by atoms with Crippen LogP contribution in [0, 0.1) is 0 Å². The van der Waals surface area contributed by atoms with Gasteiger partial charge in [-0.3, -0.25) is 0 Å². The molecule has 0 amide bonds. The average molecular weight is 244 g/mol. The Balaban J connectivity index is 2.08. The summed E-state index contributed by atoms with van der Waals surface area (Å²) in [6.45, 7) is 1.02. The molecule has 0 bridgehead atoms. The number of hydrogen-bond donors (Lipinski definition) is 1. The summed E-state index contributed by atoms with van der Waals surface area (Å²) >= 11 is 6.10. The molecule has 0 aromatic heterocycles. The van der Waals surface area contributed by atoms with Crippen LogP contribution in [-0.2, 0) is 6.42 Å². The maximum atomic E-state index is 6.10. The predicted molar refractivity (Wildman–Crippen MR) is 71.4 cm³/mol. The Morgan fingerprint density at radius 1 is 1.06 bits per heavy atom. The van der Waals surface area contributed by atoms with Gasteiger partial charge in [0.25, 0.3) is 0 Å². The highest BCUT2D eigenvalue weighted by Crippen LogP contribution is 2.30. The summed E-state index contributed by atoms with van der Waals surface area (Å²) in [5.74, 6) is 0. The zero-order chi connectivity index (χ0) is 11.7. The SMILES string of the molecule is Clc1ccc2c(c1)[C@H](c1ccccc1)NCC2. The number of fused-ring (bicyclic) bond motifs is 1. The fourth-order valence-corrected chi connectivity index (χ4v) is 2.65. The molecule has 3 rings (SSSR count). The third-order valence-electron chi connectivity index (χ3n) is 3.29. The molecule has 2 aromatic rings. The Bertz CT molecular complexity index is 522. The second-order valence-corrected chi connectivity index (χ2v) is 4.83. The van der Waals surface area contributed by atoms with Gasteiger partial charge in [-0.1, -0.05) is 48.0 Å². The predicted octanol–water partition coefficient (Wildman–Crippen LogP) is 3.58. The number of benzene rings is 2. The minimum Gasteiger partial charge on any atom is -0.306 e. The summed E-state index contributed by atoms with van der Waals surface area (Å²) in [4.78, 5) is 0. The van der Waals surface area contributed by atoms with Crippen molar-refractivity contribution in [1.29, 1.82) is 0 Å². The molecule has 2 aromatic carbocycles. The fraction of sp³-hybridized carbons (Fsp3) is 0.200. The smallest absolute Gasteiger partial charge is 0.0580 e. The zero-order valence-electron chi connectivity index (χ0n) is 9.49. The van der Waals surface area contributed by atoms with Crippen molar-refractivity contribution in [3.05, 3.63) is 70.2 Å². The zero-order valence-corrected chi connectivity index (χ0v) is 10.2. The normalized spacial score (nSPS) is 18.8. The van der Waals surface area contributed by atoms with Crippen LogP contribution >= 0.6 is 11.6 Å². The van der Waals surface area contributed by atoms with Crippen LogP contribution in [0.3, 0.4) is 0 Å². The highest BCUT2D eigenvalue weighted by Gasteiger charge is 2.20. The second kappa shape index (κ2) is 4.52. The van der Waals surface area contributed by atoms with Crippen LogP contribution in [0.2, 0.25) is 5.02 Å². The van der Waals surface area contributed by atoms with E-state index in [1.54, 1.807) is 0 Å². The molecule has 1 aliphatic heterocycles. The van der Waals surface area contributed by atoms with Gasteiger partial charge in [0.2, 0.25) is 0 Å². The van der Waals surface area contributed by atoms with E-state index in [0.29, 0.717) is 0 Å². The first-order chi connectivity index (χ1) is 8.34. The lowest BCUT2D eigenvalue weighted by atomic mass is 9.90. The molecule has 0 unspecified atom stereocenters. The minimum atomic E-state index is 0.277. The summed E-state index contributed by atoms with van der Waals surface area (Å²) in [6.07, 6.45) is 1.08. The van der Waals surface area contributed by atoms with Gasteiger partial charge in [-0.2, -0.15) is 0 Å². The third-order valence-corrected chi connectivity index (χ3v) is 3.53. The largest absolute Gasteiger partial charge is 0.306 e. The molecule has 0 spiro atoms. The van der Waals surface area contributed by atoms with Crippen LogP contribution in [0.5, 0.6) is 0 Å². The van der Waals surface area contributed by atoms with Crippen molar-refractivity contribution in [3.63, 3.8) is 0 Å². The molecule has 1 aliphatic rings. The highest BCUT2D eigenvalue weighted by molar-refractivity contribution is 6.30. The topological polar surface area (TPSA) is 12.0 Å². The molecular formula is C15H14ClN. The van der Waals surface area contributed by atoms with E-state index < -0.39 is 0 Å². The molecule has 86 valence electrons. The molecule has 0 radical (unpaired) electrons. The van der Waals surface area contributed by atoms with Crippen LogP contribution < -0.4 is 5.32 Å². The Kier molecular flexibility index (Phi) is 2.87. The van der Waals surface area contributed by atoms with Gasteiger partial charge in [0.05, 0.1) is 6.04 Å². The van der Waals surface area contributed by atoms with Crippen molar-refractivity contribution in [2.24, 2.45) is 0 Å². The highest BCUT2D eigenvalue weighted by atomic mass is 35.5. The minimum absolute atomic E-state index is 0.277. The lowest BCUT2D eigenvalue weighted by molar-refractivity contribution is 0.568. The lowest BCUT2D eigenvalue weighted by Crippen LogP contribution is -2.30. The van der Waals surface area contributed by atoms with Gasteiger partial charge >= 0.3 is 0 Å². The first-order valence-corrected chi connectivity index (χ1v) is 6.29. The third kappa shape index (κ3) is 2.08. The van der Waals surface area contributed by atoms with E-state index in [4.69, 9.17) is 11.6 Å². The van der Waals surface area contributed by atoms with Gasteiger partial charge in [0, 0.05) is 11.6 Å². The average Bonchev–Trinajstić information content (AvgIpc) is 2.39. The molecule has 1 nitrogen and oxygen atoms in total. The second-order valence-electron chi connectivity index (χ2n) is 4.39. The number of halogens is 1. The molecule has 0 saturated heterocycles. The first kappa shape index (κ1) is 10.8.